The molecule has 10 nitrogen and oxygen atoms in total. The molecule has 0 radical (unpaired) electrons. The number of fused-ring (bicyclic) bond motifs is 2. The van der Waals surface area contributed by atoms with Crippen LogP contribution in [0.1, 0.15) is 38.5 Å². The SMILES string of the molecule is C=CCCCCOC(=O)[C@@H]1[C@H]2C(=O)N(CCCO)C(C(=O)N(CC=C)Cn3nnc4ccccc43)C23CC[C@H]1S3. The van der Waals surface area contributed by atoms with E-state index in [0.717, 1.165) is 36.7 Å². The van der Waals surface area contributed by atoms with E-state index >= 15 is 0 Å². The maximum atomic E-state index is 14.4. The summed E-state index contributed by atoms with van der Waals surface area (Å²) in [5, 5.41) is 18.0. The topological polar surface area (TPSA) is 118 Å². The third-order valence-electron chi connectivity index (χ3n) is 8.30. The monoisotopic (exact) mass is 567 g/mol. The van der Waals surface area contributed by atoms with Crippen LogP contribution in [0.25, 0.3) is 11.0 Å². The molecule has 3 aliphatic heterocycles. The molecule has 11 heteroatoms. The van der Waals surface area contributed by atoms with Crippen LogP contribution in [-0.4, -0.2) is 90.0 Å². The Morgan fingerprint density at radius 1 is 1.23 bits per heavy atom. The Balaban J connectivity index is 1.42. The van der Waals surface area contributed by atoms with Crippen LogP contribution < -0.4 is 0 Å². The fourth-order valence-corrected chi connectivity index (χ4v) is 8.77. The number of para-hydroxylation sites is 1. The van der Waals surface area contributed by atoms with Crippen LogP contribution in [0.3, 0.4) is 0 Å². The summed E-state index contributed by atoms with van der Waals surface area (Å²) in [6.45, 7) is 8.43. The van der Waals surface area contributed by atoms with Gasteiger partial charge in [-0.2, -0.15) is 0 Å². The van der Waals surface area contributed by atoms with E-state index in [1.165, 1.54) is 0 Å². The number of aliphatic hydroxyl groups excluding tert-OH is 1. The number of carbonyl (C=O) groups is 3. The number of amides is 2. The number of hydrogen-bond donors (Lipinski definition) is 1. The number of thioether (sulfide) groups is 1. The molecule has 4 heterocycles. The summed E-state index contributed by atoms with van der Waals surface area (Å²) in [6, 6.07) is 6.78. The van der Waals surface area contributed by atoms with Gasteiger partial charge in [0.15, 0.2) is 0 Å². The molecule has 40 heavy (non-hydrogen) atoms. The fourth-order valence-electron chi connectivity index (χ4n) is 6.57. The van der Waals surface area contributed by atoms with Crippen molar-refractivity contribution in [2.24, 2.45) is 11.8 Å². The van der Waals surface area contributed by atoms with Gasteiger partial charge in [-0.25, -0.2) is 4.68 Å². The van der Waals surface area contributed by atoms with Crippen molar-refractivity contribution in [2.45, 2.75) is 61.2 Å². The van der Waals surface area contributed by atoms with E-state index in [1.807, 2.05) is 30.3 Å². The average molecular weight is 568 g/mol. The van der Waals surface area contributed by atoms with Crippen molar-refractivity contribution < 1.29 is 24.2 Å². The second-order valence-corrected chi connectivity index (χ2v) is 12.3. The Kier molecular flexibility index (Phi) is 8.60. The van der Waals surface area contributed by atoms with Gasteiger partial charge < -0.3 is 19.6 Å². The van der Waals surface area contributed by atoms with Crippen LogP contribution in [0.2, 0.25) is 0 Å². The summed E-state index contributed by atoms with van der Waals surface area (Å²) in [5.41, 5.74) is 1.52. The minimum absolute atomic E-state index is 0.0583. The zero-order valence-electron chi connectivity index (χ0n) is 22.7. The molecule has 5 atom stereocenters. The van der Waals surface area contributed by atoms with Gasteiger partial charge in [0.25, 0.3) is 0 Å². The number of likely N-dealkylation sites (tertiary alicyclic amines) is 1. The number of allylic oxidation sites excluding steroid dienone is 1. The number of rotatable bonds is 14. The quantitative estimate of drug-likeness (QED) is 0.210. The van der Waals surface area contributed by atoms with Crippen LogP contribution in [0.15, 0.2) is 49.6 Å². The lowest BCUT2D eigenvalue weighted by molar-refractivity contribution is -0.154. The number of aliphatic hydroxyl groups is 1. The van der Waals surface area contributed by atoms with Crippen molar-refractivity contribution >= 4 is 40.6 Å². The smallest absolute Gasteiger partial charge is 0.310 e. The van der Waals surface area contributed by atoms with E-state index in [4.69, 9.17) is 4.74 Å². The van der Waals surface area contributed by atoms with Crippen LogP contribution in [0.5, 0.6) is 0 Å². The summed E-state index contributed by atoms with van der Waals surface area (Å²) in [6.07, 6.45) is 7.75. The lowest BCUT2D eigenvalue weighted by atomic mass is 9.71. The van der Waals surface area contributed by atoms with Crippen molar-refractivity contribution in [2.75, 3.05) is 26.3 Å². The Hall–Kier alpha value is -3.18. The summed E-state index contributed by atoms with van der Waals surface area (Å²) in [5.74, 6) is -1.95. The van der Waals surface area contributed by atoms with E-state index in [1.54, 1.807) is 32.3 Å². The summed E-state index contributed by atoms with van der Waals surface area (Å²) < 4.78 is 6.62. The highest BCUT2D eigenvalue weighted by Gasteiger charge is 2.74. The zero-order chi connectivity index (χ0) is 28.3. The molecule has 214 valence electrons. The average Bonchev–Trinajstić information content (AvgIpc) is 3.70. The first-order valence-electron chi connectivity index (χ1n) is 14.0. The van der Waals surface area contributed by atoms with Gasteiger partial charge in [-0.1, -0.05) is 29.5 Å². The molecule has 2 bridgehead atoms. The lowest BCUT2D eigenvalue weighted by Gasteiger charge is -2.37. The molecular weight excluding hydrogens is 530 g/mol. The second kappa shape index (κ2) is 12.1. The molecule has 1 aromatic carbocycles. The number of carbonyl (C=O) groups excluding carboxylic acids is 3. The molecule has 3 saturated heterocycles. The van der Waals surface area contributed by atoms with Gasteiger partial charge in [0, 0.05) is 24.9 Å². The highest BCUT2D eigenvalue weighted by molar-refractivity contribution is 8.02. The molecule has 3 aliphatic rings. The minimum atomic E-state index is -0.758. The number of hydrogen-bond acceptors (Lipinski definition) is 8. The van der Waals surface area contributed by atoms with Gasteiger partial charge in [-0.15, -0.1) is 30.0 Å². The minimum Gasteiger partial charge on any atom is -0.465 e. The molecule has 0 aliphatic carbocycles. The standard InChI is InChI=1S/C29H37N5O5S/c1-3-5-6-9-18-39-28(38)23-22-13-14-29(40-22)24(23)26(36)33(16-10-17-35)25(29)27(37)32(15-4-2)19-34-21-12-8-7-11-20(21)30-31-34/h3-4,7-8,11-12,22-25,35H,1-2,5-6,9-10,13-19H2/t22-,23+,24+,25?,29?/m1/s1. The Morgan fingerprint density at radius 3 is 2.83 bits per heavy atom. The first-order valence-corrected chi connectivity index (χ1v) is 14.9. The molecule has 2 unspecified atom stereocenters. The van der Waals surface area contributed by atoms with E-state index in [0.29, 0.717) is 19.4 Å². The largest absolute Gasteiger partial charge is 0.465 e. The first-order chi connectivity index (χ1) is 19.5. The van der Waals surface area contributed by atoms with Crippen molar-refractivity contribution in [3.05, 3.63) is 49.6 Å². The van der Waals surface area contributed by atoms with Crippen LogP contribution >= 0.6 is 11.8 Å². The van der Waals surface area contributed by atoms with Crippen LogP contribution in [0, 0.1) is 11.8 Å². The summed E-state index contributed by atoms with van der Waals surface area (Å²) in [4.78, 5) is 45.0. The summed E-state index contributed by atoms with van der Waals surface area (Å²) >= 11 is 1.61. The zero-order valence-corrected chi connectivity index (χ0v) is 23.5. The Bertz CT molecular complexity index is 1280. The number of ether oxygens (including phenoxy) is 1. The summed E-state index contributed by atoms with van der Waals surface area (Å²) in [7, 11) is 0. The Labute approximate surface area is 238 Å². The van der Waals surface area contributed by atoms with Gasteiger partial charge in [-0.05, 0) is 50.7 Å². The van der Waals surface area contributed by atoms with Crippen molar-refractivity contribution in [1.82, 2.24) is 24.8 Å². The van der Waals surface area contributed by atoms with Gasteiger partial charge in [0.1, 0.15) is 18.2 Å². The van der Waals surface area contributed by atoms with Crippen LogP contribution in [-0.2, 0) is 25.8 Å². The molecule has 0 saturated carbocycles. The van der Waals surface area contributed by atoms with Gasteiger partial charge in [0.05, 0.1) is 28.7 Å². The third-order valence-corrected chi connectivity index (χ3v) is 10.2. The predicted molar refractivity (Wildman–Crippen MR) is 152 cm³/mol. The molecule has 2 aromatic rings. The fraction of sp³-hybridized carbons (Fsp3) is 0.552. The molecule has 3 fully saturated rings. The van der Waals surface area contributed by atoms with Crippen LogP contribution in [0.4, 0.5) is 0 Å². The number of benzene rings is 1. The lowest BCUT2D eigenvalue weighted by Crippen LogP contribution is -2.55. The highest BCUT2D eigenvalue weighted by atomic mass is 32.2. The van der Waals surface area contributed by atoms with E-state index < -0.39 is 22.6 Å². The predicted octanol–water partition coefficient (Wildman–Crippen LogP) is 2.78. The molecule has 1 N–H and O–H groups in total. The van der Waals surface area contributed by atoms with E-state index in [9.17, 15) is 19.5 Å². The van der Waals surface area contributed by atoms with Gasteiger partial charge in [0.2, 0.25) is 11.8 Å². The number of nitrogens with zero attached hydrogens (tertiary/aromatic N) is 5. The highest BCUT2D eigenvalue weighted by Crippen LogP contribution is 2.66. The maximum Gasteiger partial charge on any atom is 0.310 e. The number of unbranched alkanes of at least 4 members (excludes halogenated alkanes) is 2. The Morgan fingerprint density at radius 2 is 2.05 bits per heavy atom. The second-order valence-electron chi connectivity index (χ2n) is 10.7. The van der Waals surface area contributed by atoms with E-state index in [-0.39, 0.29) is 49.4 Å². The molecule has 1 spiro atoms. The van der Waals surface area contributed by atoms with Crippen molar-refractivity contribution in [3.8, 4) is 0 Å². The third kappa shape index (κ3) is 4.94. The van der Waals surface area contributed by atoms with E-state index in [2.05, 4.69) is 23.5 Å². The van der Waals surface area contributed by atoms with Crippen molar-refractivity contribution in [3.63, 3.8) is 0 Å². The maximum absolute atomic E-state index is 14.4. The van der Waals surface area contributed by atoms with Gasteiger partial charge >= 0.3 is 5.97 Å². The van der Waals surface area contributed by atoms with Gasteiger partial charge in [-0.3, -0.25) is 14.4 Å². The molecule has 5 rings (SSSR count). The number of esters is 1. The molecule has 1 aromatic heterocycles. The molecular formula is C29H37N5O5S. The molecule has 2 amide bonds. The first kappa shape index (κ1) is 28.4. The normalized spacial score (nSPS) is 26.7. The van der Waals surface area contributed by atoms with Crippen molar-refractivity contribution in [1.29, 1.82) is 0 Å². The number of aromatic nitrogens is 3.